The third-order valence-electron chi connectivity index (χ3n) is 3.71. The largest absolute Gasteiger partial charge is 0.301 e. The molecule has 1 heterocycles. The van der Waals surface area contributed by atoms with Crippen molar-refractivity contribution in [2.24, 2.45) is 0 Å². The molecule has 2 atom stereocenters. The minimum atomic E-state index is -0.545. The fourth-order valence-electron chi connectivity index (χ4n) is 2.33. The molecule has 0 aromatic heterocycles. The first-order valence-corrected chi connectivity index (χ1v) is 6.87. The van der Waals surface area contributed by atoms with Crippen molar-refractivity contribution in [2.45, 2.75) is 45.3 Å². The fraction of sp³-hybridized carbons (Fsp3) is 0.467. The summed E-state index contributed by atoms with van der Waals surface area (Å²) in [6.07, 6.45) is 0.884. The van der Waals surface area contributed by atoms with Gasteiger partial charge in [0.1, 0.15) is 5.82 Å². The van der Waals surface area contributed by atoms with Gasteiger partial charge in [-0.2, -0.15) is 0 Å². The van der Waals surface area contributed by atoms with Crippen molar-refractivity contribution in [1.29, 1.82) is 0 Å². The Morgan fingerprint density at radius 1 is 1.40 bits per heavy atom. The van der Waals surface area contributed by atoms with Crippen LogP contribution in [0.4, 0.5) is 4.39 Å². The van der Waals surface area contributed by atoms with Gasteiger partial charge in [0.05, 0.1) is 12.5 Å². The summed E-state index contributed by atoms with van der Waals surface area (Å²) in [5.74, 6) is -0.674. The van der Waals surface area contributed by atoms with Crippen LogP contribution in [0.25, 0.3) is 0 Å². The molecule has 0 aliphatic carbocycles. The fourth-order valence-corrected chi connectivity index (χ4v) is 2.33. The van der Waals surface area contributed by atoms with E-state index in [-0.39, 0.29) is 36.6 Å². The highest BCUT2D eigenvalue weighted by Crippen LogP contribution is 2.18. The molecule has 2 rings (SSSR count). The Morgan fingerprint density at radius 2 is 2.10 bits per heavy atom. The quantitative estimate of drug-likeness (QED) is 0.836. The molecular formula is C15H19FN2O2. The van der Waals surface area contributed by atoms with Crippen LogP contribution in [0.5, 0.6) is 0 Å². The number of carbonyl (C=O) groups excluding carboxylic acids is 2. The Hall–Kier alpha value is -1.75. The van der Waals surface area contributed by atoms with Crippen molar-refractivity contribution in [3.05, 3.63) is 35.6 Å². The van der Waals surface area contributed by atoms with Gasteiger partial charge in [-0.1, -0.05) is 25.1 Å². The maximum Gasteiger partial charge on any atom is 0.247 e. The number of benzene rings is 1. The first-order valence-electron chi connectivity index (χ1n) is 6.87. The van der Waals surface area contributed by atoms with Crippen molar-refractivity contribution in [1.82, 2.24) is 10.2 Å². The van der Waals surface area contributed by atoms with Crippen molar-refractivity contribution in [3.8, 4) is 0 Å². The molecule has 20 heavy (non-hydrogen) atoms. The number of rotatable bonds is 5. The normalized spacial score (nSPS) is 20.6. The molecule has 108 valence electrons. The van der Waals surface area contributed by atoms with Crippen molar-refractivity contribution < 1.29 is 14.0 Å². The maximum absolute atomic E-state index is 13.5. The Morgan fingerprint density at radius 3 is 2.75 bits per heavy atom. The van der Waals surface area contributed by atoms with Gasteiger partial charge in [0.2, 0.25) is 11.8 Å². The van der Waals surface area contributed by atoms with E-state index in [1.807, 2.05) is 13.8 Å². The first-order chi connectivity index (χ1) is 9.54. The van der Waals surface area contributed by atoms with Gasteiger partial charge < -0.3 is 5.32 Å². The second-order valence-electron chi connectivity index (χ2n) is 5.09. The van der Waals surface area contributed by atoms with E-state index in [2.05, 4.69) is 5.32 Å². The molecule has 1 aromatic carbocycles. The minimum Gasteiger partial charge on any atom is -0.301 e. The van der Waals surface area contributed by atoms with E-state index in [1.165, 1.54) is 11.0 Å². The van der Waals surface area contributed by atoms with Gasteiger partial charge in [-0.15, -0.1) is 0 Å². The van der Waals surface area contributed by atoms with Crippen LogP contribution in [0.3, 0.4) is 0 Å². The molecule has 0 bridgehead atoms. The van der Waals surface area contributed by atoms with E-state index in [0.29, 0.717) is 5.56 Å². The lowest BCUT2D eigenvalue weighted by molar-refractivity contribution is -0.141. The summed E-state index contributed by atoms with van der Waals surface area (Å²) in [5.41, 5.74) is 0.495. The molecule has 2 amide bonds. The third kappa shape index (κ3) is 2.88. The van der Waals surface area contributed by atoms with Crippen molar-refractivity contribution in [3.63, 3.8) is 0 Å². The van der Waals surface area contributed by atoms with Gasteiger partial charge in [0.25, 0.3) is 0 Å². The highest BCUT2D eigenvalue weighted by molar-refractivity contribution is 6.05. The molecule has 1 aliphatic rings. The van der Waals surface area contributed by atoms with Crippen LogP contribution >= 0.6 is 0 Å². The van der Waals surface area contributed by atoms with Crippen LogP contribution in [0.15, 0.2) is 24.3 Å². The van der Waals surface area contributed by atoms with E-state index in [1.54, 1.807) is 18.2 Å². The van der Waals surface area contributed by atoms with E-state index >= 15 is 0 Å². The summed E-state index contributed by atoms with van der Waals surface area (Å²) in [6.45, 7) is 4.03. The second-order valence-corrected chi connectivity index (χ2v) is 5.09. The summed E-state index contributed by atoms with van der Waals surface area (Å²) in [7, 11) is 0. The lowest BCUT2D eigenvalue weighted by Gasteiger charge is -2.21. The minimum absolute atomic E-state index is 0.0877. The number of halogens is 1. The topological polar surface area (TPSA) is 49.4 Å². The predicted molar refractivity (Wildman–Crippen MR) is 73.3 cm³/mol. The molecule has 1 fully saturated rings. The molecular weight excluding hydrogens is 259 g/mol. The molecule has 1 saturated heterocycles. The SMILES string of the molecule is CCC(C)N1C(=O)CC(NCc2ccccc2F)C1=O. The number of imide groups is 1. The Bertz CT molecular complexity index is 518. The first kappa shape index (κ1) is 14.7. The molecule has 1 aliphatic heterocycles. The number of nitrogens with one attached hydrogen (secondary N) is 1. The lowest BCUT2D eigenvalue weighted by Crippen LogP contribution is -2.42. The van der Waals surface area contributed by atoms with Crippen LogP contribution in [-0.2, 0) is 16.1 Å². The Labute approximate surface area is 118 Å². The van der Waals surface area contributed by atoms with Gasteiger partial charge in [0, 0.05) is 18.2 Å². The Balaban J connectivity index is 2.00. The lowest BCUT2D eigenvalue weighted by atomic mass is 10.2. The number of hydrogen-bond acceptors (Lipinski definition) is 3. The molecule has 0 saturated carbocycles. The maximum atomic E-state index is 13.5. The molecule has 4 nitrogen and oxygen atoms in total. The highest BCUT2D eigenvalue weighted by atomic mass is 19.1. The molecule has 5 heteroatoms. The molecule has 1 aromatic rings. The van der Waals surface area contributed by atoms with Crippen LogP contribution in [0.2, 0.25) is 0 Å². The molecule has 1 N–H and O–H groups in total. The van der Waals surface area contributed by atoms with Gasteiger partial charge >= 0.3 is 0 Å². The smallest absolute Gasteiger partial charge is 0.247 e. The Kier molecular flexibility index (Phi) is 4.49. The standard InChI is InChI=1S/C15H19FN2O2/c1-3-10(2)18-14(19)8-13(15(18)20)17-9-11-6-4-5-7-12(11)16/h4-7,10,13,17H,3,8-9H2,1-2H3. The highest BCUT2D eigenvalue weighted by Gasteiger charge is 2.40. The average molecular weight is 278 g/mol. The number of nitrogens with zero attached hydrogens (tertiary/aromatic N) is 1. The summed E-state index contributed by atoms with van der Waals surface area (Å²) < 4.78 is 13.5. The van der Waals surface area contributed by atoms with Crippen molar-refractivity contribution >= 4 is 11.8 Å². The van der Waals surface area contributed by atoms with E-state index in [0.717, 1.165) is 6.42 Å². The van der Waals surface area contributed by atoms with Crippen molar-refractivity contribution in [2.75, 3.05) is 0 Å². The van der Waals surface area contributed by atoms with Crippen LogP contribution in [0, 0.1) is 5.82 Å². The zero-order valence-corrected chi connectivity index (χ0v) is 11.7. The van der Waals surface area contributed by atoms with Crippen LogP contribution < -0.4 is 5.32 Å². The summed E-state index contributed by atoms with van der Waals surface area (Å²) in [5, 5.41) is 2.98. The zero-order chi connectivity index (χ0) is 14.7. The van der Waals surface area contributed by atoms with Gasteiger partial charge in [-0.05, 0) is 19.4 Å². The van der Waals surface area contributed by atoms with E-state index in [4.69, 9.17) is 0 Å². The molecule has 0 spiro atoms. The van der Waals surface area contributed by atoms with Gasteiger partial charge in [-0.3, -0.25) is 14.5 Å². The molecule has 2 unspecified atom stereocenters. The number of likely N-dealkylation sites (tertiary alicyclic amines) is 1. The number of carbonyl (C=O) groups is 2. The zero-order valence-electron chi connectivity index (χ0n) is 11.7. The summed E-state index contributed by atoms with van der Waals surface area (Å²) >= 11 is 0. The average Bonchev–Trinajstić information content (AvgIpc) is 2.72. The van der Waals surface area contributed by atoms with E-state index in [9.17, 15) is 14.0 Å². The van der Waals surface area contributed by atoms with Gasteiger partial charge in [-0.25, -0.2) is 4.39 Å². The van der Waals surface area contributed by atoms with Crippen LogP contribution in [-0.4, -0.2) is 28.8 Å². The molecule has 0 radical (unpaired) electrons. The van der Waals surface area contributed by atoms with E-state index < -0.39 is 6.04 Å². The monoisotopic (exact) mass is 278 g/mol. The number of amides is 2. The summed E-state index contributed by atoms with van der Waals surface area (Å²) in [6, 6.07) is 5.77. The predicted octanol–water partition coefficient (Wildman–Crippen LogP) is 1.84. The third-order valence-corrected chi connectivity index (χ3v) is 3.71. The van der Waals surface area contributed by atoms with Crippen LogP contribution in [0.1, 0.15) is 32.3 Å². The second kappa shape index (κ2) is 6.13. The summed E-state index contributed by atoms with van der Waals surface area (Å²) in [4.78, 5) is 25.4. The number of hydrogen-bond donors (Lipinski definition) is 1. The van der Waals surface area contributed by atoms with Gasteiger partial charge in [0.15, 0.2) is 0 Å².